The Morgan fingerprint density at radius 1 is 1.57 bits per heavy atom. The number of rotatable bonds is 3. The zero-order valence-corrected chi connectivity index (χ0v) is 11.4. The third kappa shape index (κ3) is 3.34. The summed E-state index contributed by atoms with van der Waals surface area (Å²) in [6, 6.07) is 2.91. The lowest BCUT2D eigenvalue weighted by Gasteiger charge is -2.36. The molecule has 7 nitrogen and oxygen atoms in total. The van der Waals surface area contributed by atoms with Crippen LogP contribution in [-0.2, 0) is 4.74 Å². The van der Waals surface area contributed by atoms with Gasteiger partial charge in [0.1, 0.15) is 5.82 Å². The molecule has 21 heavy (non-hydrogen) atoms. The molecule has 1 aromatic rings. The Hall–Kier alpha value is -2.06. The summed E-state index contributed by atoms with van der Waals surface area (Å²) in [6.45, 7) is 1.92. The molecule has 2 atom stereocenters. The molecular weight excluding hydrogens is 283 g/mol. The van der Waals surface area contributed by atoms with E-state index in [2.05, 4.69) is 0 Å². The number of ether oxygens (including phenoxy) is 1. The predicted octanol–water partition coefficient (Wildman–Crippen LogP) is 0.956. The third-order valence-electron chi connectivity index (χ3n) is 3.21. The maximum atomic E-state index is 13.9. The Morgan fingerprint density at radius 2 is 2.29 bits per heavy atom. The number of non-ortho nitro benzene ring substituents is 1. The number of halogens is 1. The average Bonchev–Trinajstić information content (AvgIpc) is 2.45. The van der Waals surface area contributed by atoms with Crippen LogP contribution in [0.4, 0.5) is 10.1 Å². The number of nitrogens with zero attached hydrogens (tertiary/aromatic N) is 2. The molecule has 1 N–H and O–H groups in total. The van der Waals surface area contributed by atoms with Crippen molar-refractivity contribution in [2.45, 2.75) is 19.1 Å². The quantitative estimate of drug-likeness (QED) is 0.662. The van der Waals surface area contributed by atoms with Gasteiger partial charge in [-0.15, -0.1) is 0 Å². The Kier molecular flexibility index (Phi) is 4.49. The van der Waals surface area contributed by atoms with Crippen LogP contribution < -0.4 is 0 Å². The van der Waals surface area contributed by atoms with Crippen molar-refractivity contribution in [2.75, 3.05) is 19.7 Å². The molecule has 1 aliphatic rings. The highest BCUT2D eigenvalue weighted by Gasteiger charge is 2.30. The fourth-order valence-electron chi connectivity index (χ4n) is 2.27. The lowest BCUT2D eigenvalue weighted by molar-refractivity contribution is -0.385. The molecule has 0 spiro atoms. The van der Waals surface area contributed by atoms with Crippen LogP contribution in [0.15, 0.2) is 18.2 Å². The van der Waals surface area contributed by atoms with Gasteiger partial charge in [-0.05, 0) is 13.0 Å². The number of nitro groups is 1. The summed E-state index contributed by atoms with van der Waals surface area (Å²) in [7, 11) is 0. The molecule has 0 aliphatic carbocycles. The largest absolute Gasteiger partial charge is 0.394 e. The fraction of sp³-hybridized carbons (Fsp3) is 0.462. The minimum atomic E-state index is -0.936. The number of aliphatic hydroxyl groups is 1. The van der Waals surface area contributed by atoms with Crippen molar-refractivity contribution in [1.82, 2.24) is 4.90 Å². The molecule has 1 aliphatic heterocycles. The van der Waals surface area contributed by atoms with E-state index in [1.807, 2.05) is 0 Å². The molecule has 1 aromatic carbocycles. The van der Waals surface area contributed by atoms with Crippen LogP contribution >= 0.6 is 0 Å². The highest BCUT2D eigenvalue weighted by Crippen LogP contribution is 2.20. The third-order valence-corrected chi connectivity index (χ3v) is 3.21. The molecule has 0 saturated carbocycles. The van der Waals surface area contributed by atoms with Crippen molar-refractivity contribution in [2.24, 2.45) is 0 Å². The second-order valence-corrected chi connectivity index (χ2v) is 4.88. The molecule has 0 radical (unpaired) electrons. The maximum Gasteiger partial charge on any atom is 0.272 e. The van der Waals surface area contributed by atoms with Gasteiger partial charge in [0.15, 0.2) is 0 Å². The highest BCUT2D eigenvalue weighted by atomic mass is 19.1. The molecule has 2 unspecified atom stereocenters. The number of carbonyl (C=O) groups is 1. The first-order valence-electron chi connectivity index (χ1n) is 6.42. The lowest BCUT2D eigenvalue weighted by Crippen LogP contribution is -2.50. The molecule has 1 amide bonds. The van der Waals surface area contributed by atoms with Gasteiger partial charge in [-0.2, -0.15) is 0 Å². The summed E-state index contributed by atoms with van der Waals surface area (Å²) in [5.74, 6) is -1.51. The van der Waals surface area contributed by atoms with Crippen molar-refractivity contribution in [1.29, 1.82) is 0 Å². The topological polar surface area (TPSA) is 92.9 Å². The molecule has 8 heteroatoms. The van der Waals surface area contributed by atoms with Gasteiger partial charge in [-0.25, -0.2) is 4.39 Å². The van der Waals surface area contributed by atoms with Gasteiger partial charge in [0.2, 0.25) is 0 Å². The van der Waals surface area contributed by atoms with Gasteiger partial charge in [-0.1, -0.05) is 0 Å². The minimum Gasteiger partial charge on any atom is -0.394 e. The molecule has 1 heterocycles. The van der Waals surface area contributed by atoms with Gasteiger partial charge >= 0.3 is 0 Å². The van der Waals surface area contributed by atoms with Crippen molar-refractivity contribution >= 4 is 11.6 Å². The first-order valence-corrected chi connectivity index (χ1v) is 6.42. The standard InChI is InChI=1S/C13H15FN2O5/c1-8-5-15(6-10(7-17)21-8)13(18)11-3-2-9(16(19)20)4-12(11)14/h2-4,8,10,17H,5-7H2,1H3. The van der Waals surface area contributed by atoms with Crippen LogP contribution in [0.25, 0.3) is 0 Å². The van der Waals surface area contributed by atoms with Crippen molar-refractivity contribution in [3.05, 3.63) is 39.7 Å². The SMILES string of the molecule is CC1CN(C(=O)c2ccc([N+](=O)[O-])cc2F)CC(CO)O1. The molecular formula is C13H15FN2O5. The molecule has 1 fully saturated rings. The van der Waals surface area contributed by atoms with Crippen molar-refractivity contribution in [3.8, 4) is 0 Å². The number of hydrogen-bond acceptors (Lipinski definition) is 5. The van der Waals surface area contributed by atoms with E-state index in [1.165, 1.54) is 4.90 Å². The van der Waals surface area contributed by atoms with Crippen LogP contribution in [0.2, 0.25) is 0 Å². The number of nitro benzene ring substituents is 1. The average molecular weight is 298 g/mol. The Balaban J connectivity index is 2.21. The number of morpholine rings is 1. The molecule has 2 rings (SSSR count). The van der Waals surface area contributed by atoms with E-state index >= 15 is 0 Å². The summed E-state index contributed by atoms with van der Waals surface area (Å²) >= 11 is 0. The first kappa shape index (κ1) is 15.3. The maximum absolute atomic E-state index is 13.9. The zero-order valence-electron chi connectivity index (χ0n) is 11.4. The Bertz CT molecular complexity index is 565. The molecule has 0 bridgehead atoms. The fourth-order valence-corrected chi connectivity index (χ4v) is 2.27. The second kappa shape index (κ2) is 6.15. The minimum absolute atomic E-state index is 0.149. The first-order chi connectivity index (χ1) is 9.92. The van der Waals surface area contributed by atoms with Crippen LogP contribution in [0.1, 0.15) is 17.3 Å². The van der Waals surface area contributed by atoms with Gasteiger partial charge < -0.3 is 14.7 Å². The number of carbonyl (C=O) groups excluding carboxylic acids is 1. The van der Waals surface area contributed by atoms with E-state index in [1.54, 1.807) is 6.92 Å². The van der Waals surface area contributed by atoms with Crippen LogP contribution in [-0.4, -0.2) is 52.7 Å². The number of amides is 1. The van der Waals surface area contributed by atoms with E-state index in [4.69, 9.17) is 9.84 Å². The van der Waals surface area contributed by atoms with Gasteiger partial charge in [-0.3, -0.25) is 14.9 Å². The molecule has 114 valence electrons. The van der Waals surface area contributed by atoms with E-state index < -0.39 is 28.4 Å². The number of benzene rings is 1. The smallest absolute Gasteiger partial charge is 0.272 e. The second-order valence-electron chi connectivity index (χ2n) is 4.88. The summed E-state index contributed by atoms with van der Waals surface area (Å²) < 4.78 is 19.3. The van der Waals surface area contributed by atoms with Gasteiger partial charge in [0, 0.05) is 19.2 Å². The van der Waals surface area contributed by atoms with E-state index in [9.17, 15) is 19.3 Å². The van der Waals surface area contributed by atoms with Crippen LogP contribution in [0.5, 0.6) is 0 Å². The van der Waals surface area contributed by atoms with E-state index in [0.717, 1.165) is 18.2 Å². The molecule has 1 saturated heterocycles. The predicted molar refractivity (Wildman–Crippen MR) is 70.4 cm³/mol. The summed E-state index contributed by atoms with van der Waals surface area (Å²) in [6.07, 6.45) is -0.792. The lowest BCUT2D eigenvalue weighted by atomic mass is 10.1. The van der Waals surface area contributed by atoms with Gasteiger partial charge in [0.05, 0.1) is 35.4 Å². The van der Waals surface area contributed by atoms with E-state index in [0.29, 0.717) is 0 Å². The normalized spacial score (nSPS) is 22.1. The number of hydrogen-bond donors (Lipinski definition) is 1. The number of aliphatic hydroxyl groups excluding tert-OH is 1. The van der Waals surface area contributed by atoms with Crippen molar-refractivity contribution < 1.29 is 24.0 Å². The van der Waals surface area contributed by atoms with Crippen molar-refractivity contribution in [3.63, 3.8) is 0 Å². The highest BCUT2D eigenvalue weighted by molar-refractivity contribution is 5.94. The zero-order chi connectivity index (χ0) is 15.6. The van der Waals surface area contributed by atoms with Gasteiger partial charge in [0.25, 0.3) is 11.6 Å². The summed E-state index contributed by atoms with van der Waals surface area (Å²) in [4.78, 5) is 23.5. The Labute approximate surface area is 120 Å². The summed E-state index contributed by atoms with van der Waals surface area (Å²) in [5.41, 5.74) is -0.640. The monoisotopic (exact) mass is 298 g/mol. The van der Waals surface area contributed by atoms with Crippen LogP contribution in [0, 0.1) is 15.9 Å². The van der Waals surface area contributed by atoms with E-state index in [-0.39, 0.29) is 31.4 Å². The Morgan fingerprint density at radius 3 is 2.86 bits per heavy atom. The summed E-state index contributed by atoms with van der Waals surface area (Å²) in [5, 5.41) is 19.7. The molecule has 0 aromatic heterocycles. The van der Waals surface area contributed by atoms with Crippen LogP contribution in [0.3, 0.4) is 0 Å².